The summed E-state index contributed by atoms with van der Waals surface area (Å²) in [6.07, 6.45) is 4.15. The van der Waals surface area contributed by atoms with Gasteiger partial charge in [0, 0.05) is 31.9 Å². The van der Waals surface area contributed by atoms with E-state index in [0.717, 1.165) is 38.3 Å². The van der Waals surface area contributed by atoms with Gasteiger partial charge >= 0.3 is 0 Å². The van der Waals surface area contributed by atoms with Gasteiger partial charge in [0.15, 0.2) is 0 Å². The minimum absolute atomic E-state index is 0.118. The van der Waals surface area contributed by atoms with Gasteiger partial charge in [-0.25, -0.2) is 0 Å². The lowest BCUT2D eigenvalue weighted by Crippen LogP contribution is -2.47. The largest absolute Gasteiger partial charge is 0.375 e. The van der Waals surface area contributed by atoms with E-state index in [0.29, 0.717) is 18.8 Å². The van der Waals surface area contributed by atoms with Crippen LogP contribution in [0, 0.1) is 0 Å². The van der Waals surface area contributed by atoms with Crippen molar-refractivity contribution in [3.8, 4) is 0 Å². The number of rotatable bonds is 3. The number of hydrogen-bond donors (Lipinski definition) is 1. The number of ether oxygens (including phenoxy) is 3. The quantitative estimate of drug-likeness (QED) is 0.850. The van der Waals surface area contributed by atoms with Crippen molar-refractivity contribution < 1.29 is 14.2 Å². The Morgan fingerprint density at radius 2 is 2.37 bits per heavy atom. The zero-order valence-corrected chi connectivity index (χ0v) is 12.5. The second-order valence-corrected chi connectivity index (χ2v) is 7.11. The lowest BCUT2D eigenvalue weighted by molar-refractivity contribution is -0.142. The van der Waals surface area contributed by atoms with E-state index in [9.17, 15) is 0 Å². The maximum atomic E-state index is 6.10. The van der Waals surface area contributed by atoms with Crippen LogP contribution in [0.3, 0.4) is 0 Å². The van der Waals surface area contributed by atoms with Crippen LogP contribution in [0.15, 0.2) is 0 Å². The van der Waals surface area contributed by atoms with E-state index in [4.69, 9.17) is 14.2 Å². The molecule has 0 amide bonds. The van der Waals surface area contributed by atoms with E-state index in [1.165, 1.54) is 12.2 Å². The molecule has 19 heavy (non-hydrogen) atoms. The molecular formula is C14H25NO3S. The third-order valence-electron chi connectivity index (χ3n) is 4.26. The minimum Gasteiger partial charge on any atom is -0.375 e. The van der Waals surface area contributed by atoms with Crippen LogP contribution >= 0.6 is 11.8 Å². The number of hydrogen-bond acceptors (Lipinski definition) is 5. The second-order valence-electron chi connectivity index (χ2n) is 6.01. The zero-order valence-electron chi connectivity index (χ0n) is 11.7. The van der Waals surface area contributed by atoms with E-state index in [1.54, 1.807) is 0 Å². The molecule has 4 nitrogen and oxygen atoms in total. The van der Waals surface area contributed by atoms with Crippen LogP contribution in [-0.4, -0.2) is 61.7 Å². The van der Waals surface area contributed by atoms with Gasteiger partial charge in [-0.05, 0) is 25.5 Å². The van der Waals surface area contributed by atoms with Crippen LogP contribution in [0.1, 0.15) is 26.2 Å². The highest BCUT2D eigenvalue weighted by Gasteiger charge is 2.41. The van der Waals surface area contributed by atoms with E-state index < -0.39 is 0 Å². The summed E-state index contributed by atoms with van der Waals surface area (Å²) in [6, 6.07) is 0. The first-order valence-electron chi connectivity index (χ1n) is 7.45. The fourth-order valence-electron chi connectivity index (χ4n) is 3.20. The second kappa shape index (κ2) is 6.31. The van der Waals surface area contributed by atoms with Gasteiger partial charge in [-0.2, -0.15) is 11.8 Å². The predicted octanol–water partition coefficient (Wildman–Crippen LogP) is 1.43. The number of nitrogens with one attached hydrogen (secondary N) is 1. The third-order valence-corrected chi connectivity index (χ3v) is 5.48. The average molecular weight is 287 g/mol. The topological polar surface area (TPSA) is 39.7 Å². The van der Waals surface area contributed by atoms with Crippen molar-refractivity contribution in [3.63, 3.8) is 0 Å². The van der Waals surface area contributed by atoms with Gasteiger partial charge in [-0.3, -0.25) is 0 Å². The van der Waals surface area contributed by atoms with Gasteiger partial charge < -0.3 is 19.5 Å². The Morgan fingerprint density at radius 3 is 3.16 bits per heavy atom. The monoisotopic (exact) mass is 287 g/mol. The van der Waals surface area contributed by atoms with Gasteiger partial charge in [0.25, 0.3) is 0 Å². The van der Waals surface area contributed by atoms with Crippen LogP contribution in [-0.2, 0) is 14.2 Å². The lowest BCUT2D eigenvalue weighted by atomic mass is 9.91. The summed E-state index contributed by atoms with van der Waals surface area (Å²) in [5.41, 5.74) is 0.118. The molecule has 3 saturated heterocycles. The molecule has 0 aromatic heterocycles. The van der Waals surface area contributed by atoms with Crippen LogP contribution < -0.4 is 5.32 Å². The highest BCUT2D eigenvalue weighted by atomic mass is 32.2. The Bertz CT molecular complexity index is 296. The zero-order chi connectivity index (χ0) is 13.1. The third kappa shape index (κ3) is 3.64. The fourth-order valence-corrected chi connectivity index (χ4v) is 4.58. The molecule has 4 unspecified atom stereocenters. The maximum Gasteiger partial charge on any atom is 0.0936 e. The predicted molar refractivity (Wildman–Crippen MR) is 76.8 cm³/mol. The summed E-state index contributed by atoms with van der Waals surface area (Å²) in [7, 11) is 0. The number of morpholine rings is 1. The van der Waals surface area contributed by atoms with Crippen molar-refractivity contribution in [3.05, 3.63) is 0 Å². The summed E-state index contributed by atoms with van der Waals surface area (Å²) in [5, 5.41) is 3.39. The molecule has 5 heteroatoms. The molecule has 3 heterocycles. The molecule has 110 valence electrons. The van der Waals surface area contributed by atoms with Crippen LogP contribution in [0.4, 0.5) is 0 Å². The molecule has 3 aliphatic heterocycles. The van der Waals surface area contributed by atoms with Gasteiger partial charge in [0.1, 0.15) is 0 Å². The van der Waals surface area contributed by atoms with Crippen LogP contribution in [0.5, 0.6) is 0 Å². The Kier molecular flexibility index (Phi) is 4.70. The number of thioether (sulfide) groups is 1. The van der Waals surface area contributed by atoms with Gasteiger partial charge in [0.2, 0.25) is 0 Å². The Labute approximate surface area is 119 Å². The van der Waals surface area contributed by atoms with E-state index in [-0.39, 0.29) is 11.7 Å². The van der Waals surface area contributed by atoms with Crippen molar-refractivity contribution >= 4 is 11.8 Å². The average Bonchev–Trinajstić information content (AvgIpc) is 2.85. The molecule has 3 aliphatic rings. The standard InChI is InChI=1S/C14H25NO3S/c1-11-7-15-8-13(18-11)9-16-12-2-4-17-14(6-12)3-5-19-10-14/h11-13,15H,2-10H2,1H3. The minimum atomic E-state index is 0.118. The van der Waals surface area contributed by atoms with Gasteiger partial charge in [-0.15, -0.1) is 0 Å². The van der Waals surface area contributed by atoms with E-state index in [1.807, 2.05) is 11.8 Å². The molecule has 3 fully saturated rings. The summed E-state index contributed by atoms with van der Waals surface area (Å²) in [4.78, 5) is 0. The summed E-state index contributed by atoms with van der Waals surface area (Å²) in [5.74, 6) is 2.38. The van der Waals surface area contributed by atoms with Crippen molar-refractivity contribution in [2.75, 3.05) is 37.8 Å². The lowest BCUT2D eigenvalue weighted by Gasteiger charge is -2.38. The molecule has 0 aromatic carbocycles. The Hall–Kier alpha value is 0.190. The first-order chi connectivity index (χ1) is 9.26. The Morgan fingerprint density at radius 1 is 1.42 bits per heavy atom. The molecule has 0 aliphatic carbocycles. The molecule has 3 rings (SSSR count). The highest BCUT2D eigenvalue weighted by molar-refractivity contribution is 7.99. The SMILES string of the molecule is CC1CNCC(COC2CCOC3(CCSC3)C2)O1. The maximum absolute atomic E-state index is 6.10. The van der Waals surface area contributed by atoms with Gasteiger partial charge in [-0.1, -0.05) is 0 Å². The Balaban J connectivity index is 1.44. The van der Waals surface area contributed by atoms with Crippen molar-refractivity contribution in [2.45, 2.75) is 50.1 Å². The van der Waals surface area contributed by atoms with E-state index in [2.05, 4.69) is 12.2 Å². The van der Waals surface area contributed by atoms with Crippen molar-refractivity contribution in [1.82, 2.24) is 5.32 Å². The summed E-state index contributed by atoms with van der Waals surface area (Å²) < 4.78 is 18.0. The van der Waals surface area contributed by atoms with Gasteiger partial charge in [0.05, 0.1) is 30.5 Å². The summed E-state index contributed by atoms with van der Waals surface area (Å²) in [6.45, 7) is 5.54. The smallest absolute Gasteiger partial charge is 0.0936 e. The fraction of sp³-hybridized carbons (Fsp3) is 1.00. The molecule has 0 radical (unpaired) electrons. The highest BCUT2D eigenvalue weighted by Crippen LogP contribution is 2.39. The molecule has 1 spiro atoms. The van der Waals surface area contributed by atoms with Crippen LogP contribution in [0.2, 0.25) is 0 Å². The van der Waals surface area contributed by atoms with E-state index >= 15 is 0 Å². The normalized spacial score (nSPS) is 43.7. The van der Waals surface area contributed by atoms with Crippen molar-refractivity contribution in [1.29, 1.82) is 0 Å². The van der Waals surface area contributed by atoms with Crippen LogP contribution in [0.25, 0.3) is 0 Å². The first-order valence-corrected chi connectivity index (χ1v) is 8.61. The first kappa shape index (κ1) is 14.1. The molecule has 0 bridgehead atoms. The molecule has 1 N–H and O–H groups in total. The molecule has 0 saturated carbocycles. The molecule has 0 aromatic rings. The summed E-state index contributed by atoms with van der Waals surface area (Å²) >= 11 is 2.01. The van der Waals surface area contributed by atoms with Crippen molar-refractivity contribution in [2.24, 2.45) is 0 Å². The molecular weight excluding hydrogens is 262 g/mol. The molecule has 4 atom stereocenters.